The molecule has 28 heavy (non-hydrogen) atoms. The number of aromatic nitrogens is 2. The van der Waals surface area contributed by atoms with Crippen LogP contribution in [0.2, 0.25) is 0 Å². The highest BCUT2D eigenvalue weighted by Crippen LogP contribution is 2.48. The molecule has 1 aromatic heterocycles. The van der Waals surface area contributed by atoms with E-state index < -0.39 is 5.66 Å². The normalized spacial score (nSPS) is 19.1. The number of hydrogen-bond acceptors (Lipinski definition) is 3. The van der Waals surface area contributed by atoms with Gasteiger partial charge in [-0.2, -0.15) is 0 Å². The molecule has 5 heteroatoms. The monoisotopic (exact) mass is 366 g/mol. The minimum Gasteiger partial charge on any atom is -0.350 e. The number of para-hydroxylation sites is 2. The van der Waals surface area contributed by atoms with Gasteiger partial charge in [-0.15, -0.1) is 0 Å². The van der Waals surface area contributed by atoms with Gasteiger partial charge in [-0.1, -0.05) is 30.3 Å². The Morgan fingerprint density at radius 2 is 1.64 bits per heavy atom. The van der Waals surface area contributed by atoms with Crippen LogP contribution in [0.25, 0.3) is 22.4 Å². The van der Waals surface area contributed by atoms with Crippen LogP contribution < -0.4 is 10.6 Å². The van der Waals surface area contributed by atoms with E-state index in [4.69, 9.17) is 4.98 Å². The predicted octanol–water partition coefficient (Wildman–Crippen LogP) is 4.40. The lowest BCUT2D eigenvalue weighted by Crippen LogP contribution is -2.50. The van der Waals surface area contributed by atoms with E-state index in [0.717, 1.165) is 39.4 Å². The number of hydrogen-bond donors (Lipinski definition) is 2. The zero-order valence-electron chi connectivity index (χ0n) is 15.6. The van der Waals surface area contributed by atoms with Crippen LogP contribution in [0.15, 0.2) is 60.7 Å². The van der Waals surface area contributed by atoms with E-state index in [9.17, 15) is 4.79 Å². The number of nitrogens with zero attached hydrogens (tertiary/aromatic N) is 2. The van der Waals surface area contributed by atoms with E-state index in [-0.39, 0.29) is 5.91 Å². The molecule has 1 spiro atoms. The minimum atomic E-state index is -1.06. The Morgan fingerprint density at radius 3 is 2.50 bits per heavy atom. The van der Waals surface area contributed by atoms with Crippen molar-refractivity contribution < 1.29 is 4.79 Å². The molecule has 1 atom stereocenters. The van der Waals surface area contributed by atoms with Crippen LogP contribution in [0, 0.1) is 13.8 Å². The number of amides is 1. The first-order chi connectivity index (χ1) is 13.6. The molecule has 3 aromatic carbocycles. The van der Waals surface area contributed by atoms with Gasteiger partial charge < -0.3 is 10.6 Å². The standard InChI is InChI=1S/C23H18N4O/c1-13-11-19-20(12-14(13)2)27-21(24-19)15-7-3-5-9-17(15)26-23(27)16-8-4-6-10-18(16)25-22(23)28/h3-12,26H,1-2H3,(H,25,28)/t23-/m1/s1. The van der Waals surface area contributed by atoms with E-state index >= 15 is 0 Å². The number of aryl methyl sites for hydroxylation is 2. The Labute approximate surface area is 162 Å². The fourth-order valence-electron chi connectivity index (χ4n) is 4.48. The van der Waals surface area contributed by atoms with Gasteiger partial charge in [0, 0.05) is 22.5 Å². The van der Waals surface area contributed by atoms with Crippen molar-refractivity contribution in [1.29, 1.82) is 0 Å². The van der Waals surface area contributed by atoms with E-state index in [2.05, 4.69) is 41.2 Å². The first-order valence-corrected chi connectivity index (χ1v) is 9.38. The number of nitrogens with one attached hydrogen (secondary N) is 2. The summed E-state index contributed by atoms with van der Waals surface area (Å²) in [6.45, 7) is 4.18. The average Bonchev–Trinajstić information content (AvgIpc) is 3.19. The number of rotatable bonds is 0. The summed E-state index contributed by atoms with van der Waals surface area (Å²) < 4.78 is 2.07. The largest absolute Gasteiger partial charge is 0.350 e. The molecule has 2 N–H and O–H groups in total. The Balaban J connectivity index is 1.81. The number of anilines is 2. The summed E-state index contributed by atoms with van der Waals surface area (Å²) in [6, 6.07) is 20.1. The van der Waals surface area contributed by atoms with Gasteiger partial charge in [0.25, 0.3) is 5.91 Å². The maximum atomic E-state index is 13.5. The van der Waals surface area contributed by atoms with E-state index in [0.29, 0.717) is 0 Å². The lowest BCUT2D eigenvalue weighted by Gasteiger charge is -2.37. The second kappa shape index (κ2) is 5.01. The highest BCUT2D eigenvalue weighted by Gasteiger charge is 2.53. The first-order valence-electron chi connectivity index (χ1n) is 9.38. The molecule has 136 valence electrons. The average molecular weight is 366 g/mol. The van der Waals surface area contributed by atoms with Gasteiger partial charge in [0.05, 0.1) is 11.0 Å². The van der Waals surface area contributed by atoms with E-state index in [1.807, 2.05) is 48.5 Å². The Morgan fingerprint density at radius 1 is 0.929 bits per heavy atom. The molecule has 4 aromatic rings. The van der Waals surface area contributed by atoms with Crippen molar-refractivity contribution in [2.45, 2.75) is 19.5 Å². The number of benzene rings is 3. The quantitative estimate of drug-likeness (QED) is 0.485. The van der Waals surface area contributed by atoms with Gasteiger partial charge in [0.15, 0.2) is 0 Å². The molecule has 5 nitrogen and oxygen atoms in total. The molecule has 2 aliphatic heterocycles. The summed E-state index contributed by atoms with van der Waals surface area (Å²) in [5.41, 5.74) is 6.80. The maximum absolute atomic E-state index is 13.5. The molecular weight excluding hydrogens is 348 g/mol. The molecule has 0 radical (unpaired) electrons. The molecule has 0 unspecified atom stereocenters. The fraction of sp³-hybridized carbons (Fsp3) is 0.130. The third-order valence-corrected chi connectivity index (χ3v) is 5.98. The zero-order chi connectivity index (χ0) is 19.0. The van der Waals surface area contributed by atoms with Crippen molar-refractivity contribution in [3.8, 4) is 11.4 Å². The highest BCUT2D eigenvalue weighted by molar-refractivity contribution is 6.10. The fourth-order valence-corrected chi connectivity index (χ4v) is 4.48. The van der Waals surface area contributed by atoms with Gasteiger partial charge in [0.1, 0.15) is 5.82 Å². The van der Waals surface area contributed by atoms with Crippen LogP contribution in [-0.4, -0.2) is 15.5 Å². The molecule has 6 rings (SSSR count). The van der Waals surface area contributed by atoms with Gasteiger partial charge in [-0.3, -0.25) is 9.36 Å². The highest BCUT2D eigenvalue weighted by atomic mass is 16.2. The molecule has 0 bridgehead atoms. The molecule has 0 saturated heterocycles. The smallest absolute Gasteiger partial charge is 0.276 e. The van der Waals surface area contributed by atoms with Crippen molar-refractivity contribution in [3.63, 3.8) is 0 Å². The number of carbonyl (C=O) groups excluding carboxylic acids is 1. The van der Waals surface area contributed by atoms with Crippen LogP contribution in [-0.2, 0) is 10.5 Å². The Hall–Kier alpha value is -3.60. The predicted molar refractivity (Wildman–Crippen MR) is 110 cm³/mol. The SMILES string of the molecule is Cc1cc2nc3n(c2cc1C)[C@@]1(Nc2ccccc2-3)C(=O)Nc2ccccc21. The first kappa shape index (κ1) is 15.5. The van der Waals surface area contributed by atoms with Crippen molar-refractivity contribution in [1.82, 2.24) is 9.55 Å². The van der Waals surface area contributed by atoms with Crippen molar-refractivity contribution in [2.75, 3.05) is 10.6 Å². The van der Waals surface area contributed by atoms with Gasteiger partial charge in [-0.25, -0.2) is 4.98 Å². The van der Waals surface area contributed by atoms with Crippen molar-refractivity contribution in [3.05, 3.63) is 77.4 Å². The van der Waals surface area contributed by atoms with E-state index in [1.165, 1.54) is 11.1 Å². The summed E-state index contributed by atoms with van der Waals surface area (Å²) in [6.07, 6.45) is 0. The van der Waals surface area contributed by atoms with Crippen LogP contribution in [0.1, 0.15) is 16.7 Å². The molecular formula is C23H18N4O. The lowest BCUT2D eigenvalue weighted by molar-refractivity contribution is -0.120. The number of imidazole rings is 1. The van der Waals surface area contributed by atoms with Gasteiger partial charge in [-0.05, 0) is 55.3 Å². The molecule has 1 amide bonds. The lowest BCUT2D eigenvalue weighted by atomic mass is 9.95. The third-order valence-electron chi connectivity index (χ3n) is 5.98. The summed E-state index contributed by atoms with van der Waals surface area (Å²) in [4.78, 5) is 18.4. The van der Waals surface area contributed by atoms with Crippen LogP contribution in [0.4, 0.5) is 11.4 Å². The van der Waals surface area contributed by atoms with Crippen molar-refractivity contribution in [2.24, 2.45) is 0 Å². The Bertz CT molecular complexity index is 1320. The van der Waals surface area contributed by atoms with Crippen LogP contribution in [0.3, 0.4) is 0 Å². The zero-order valence-corrected chi connectivity index (χ0v) is 15.6. The summed E-state index contributed by atoms with van der Waals surface area (Å²) in [5.74, 6) is 0.711. The second-order valence-electron chi connectivity index (χ2n) is 7.58. The molecule has 0 aliphatic carbocycles. The summed E-state index contributed by atoms with van der Waals surface area (Å²) in [5, 5.41) is 6.62. The molecule has 3 heterocycles. The summed E-state index contributed by atoms with van der Waals surface area (Å²) in [7, 11) is 0. The van der Waals surface area contributed by atoms with Crippen LogP contribution in [0.5, 0.6) is 0 Å². The number of carbonyl (C=O) groups is 1. The Kier molecular flexibility index (Phi) is 2.77. The third kappa shape index (κ3) is 1.71. The van der Waals surface area contributed by atoms with Gasteiger partial charge >= 0.3 is 0 Å². The number of fused-ring (bicyclic) bond motifs is 8. The molecule has 2 aliphatic rings. The molecule has 0 saturated carbocycles. The second-order valence-corrected chi connectivity index (χ2v) is 7.58. The van der Waals surface area contributed by atoms with Crippen LogP contribution >= 0.6 is 0 Å². The van der Waals surface area contributed by atoms with E-state index in [1.54, 1.807) is 0 Å². The summed E-state index contributed by atoms with van der Waals surface area (Å²) >= 11 is 0. The topological polar surface area (TPSA) is 59.0 Å². The maximum Gasteiger partial charge on any atom is 0.276 e. The van der Waals surface area contributed by atoms with Gasteiger partial charge in [0.2, 0.25) is 5.66 Å². The molecule has 0 fully saturated rings. The minimum absolute atomic E-state index is 0.0954. The van der Waals surface area contributed by atoms with Crippen molar-refractivity contribution >= 4 is 28.3 Å².